The van der Waals surface area contributed by atoms with E-state index < -0.39 is 11.7 Å². The summed E-state index contributed by atoms with van der Waals surface area (Å²) in [6, 6.07) is 1.95. The Morgan fingerprint density at radius 2 is 1.97 bits per heavy atom. The van der Waals surface area contributed by atoms with Crippen molar-refractivity contribution < 1.29 is 18.0 Å². The Hall–Kier alpha value is -2.87. The molecule has 2 heterocycles. The Balaban J connectivity index is 1.58. The molecule has 0 aromatic carbocycles. The lowest BCUT2D eigenvalue weighted by Gasteiger charge is -2.25. The van der Waals surface area contributed by atoms with E-state index in [1.54, 1.807) is 18.2 Å². The number of alkyl halides is 3. The molecule has 3 aliphatic rings. The monoisotopic (exact) mass is 472 g/mol. The SMILES string of the molecule is C=Cc1c(C(=C)NC2CC23CCNCC3)cc(/C=C/CNC(=O)C2CC2)nc1C(=C)C(F)(F)F. The smallest absolute Gasteiger partial charge is 0.382 e. The highest BCUT2D eigenvalue weighted by molar-refractivity contribution is 5.82. The van der Waals surface area contributed by atoms with Crippen LogP contribution in [0.3, 0.4) is 0 Å². The number of aromatic nitrogens is 1. The molecule has 8 heteroatoms. The lowest BCUT2D eigenvalue weighted by molar-refractivity contribution is -0.122. The molecule has 1 aromatic rings. The summed E-state index contributed by atoms with van der Waals surface area (Å²) < 4.78 is 40.7. The summed E-state index contributed by atoms with van der Waals surface area (Å²) in [6.45, 7) is 13.4. The molecule has 182 valence electrons. The predicted octanol–water partition coefficient (Wildman–Crippen LogP) is 4.54. The fourth-order valence-corrected chi connectivity index (χ4v) is 4.63. The van der Waals surface area contributed by atoms with Crippen molar-refractivity contribution in [2.45, 2.75) is 44.3 Å². The molecule has 1 atom stereocenters. The number of halogens is 3. The summed E-state index contributed by atoms with van der Waals surface area (Å²) in [5.74, 6) is 0.0899. The van der Waals surface area contributed by atoms with Crippen LogP contribution in [0.25, 0.3) is 23.4 Å². The van der Waals surface area contributed by atoms with Gasteiger partial charge in [0.05, 0.1) is 17.0 Å². The van der Waals surface area contributed by atoms with Gasteiger partial charge in [0.1, 0.15) is 0 Å². The average Bonchev–Trinajstić information content (AvgIpc) is 3.73. The minimum atomic E-state index is -4.63. The molecule has 5 nitrogen and oxygen atoms in total. The highest BCUT2D eigenvalue weighted by atomic mass is 19.4. The Morgan fingerprint density at radius 1 is 1.26 bits per heavy atom. The quantitative estimate of drug-likeness (QED) is 0.494. The van der Waals surface area contributed by atoms with Crippen molar-refractivity contribution >= 4 is 29.3 Å². The topological polar surface area (TPSA) is 66.0 Å². The van der Waals surface area contributed by atoms with E-state index in [1.165, 1.54) is 6.08 Å². The number of pyridine rings is 1. The third-order valence-corrected chi connectivity index (χ3v) is 7.00. The van der Waals surface area contributed by atoms with Crippen molar-refractivity contribution in [1.29, 1.82) is 0 Å². The average molecular weight is 473 g/mol. The number of nitrogens with zero attached hydrogens (tertiary/aromatic N) is 1. The standard InChI is InChI=1S/C26H31F3N4O/c1-4-20-21(17(3)32-22-15-25(22)9-12-30-13-10-25)14-19(33-23(20)16(2)26(27,28)29)6-5-11-31-24(34)18-7-8-18/h4-6,14,18,22,30,32H,1-3,7-13,15H2,(H,31,34)/b6-5+. The summed E-state index contributed by atoms with van der Waals surface area (Å²) in [5, 5.41) is 9.62. The third kappa shape index (κ3) is 5.27. The molecule has 1 amide bonds. The highest BCUT2D eigenvalue weighted by Crippen LogP contribution is 2.53. The number of carbonyl (C=O) groups is 1. The van der Waals surface area contributed by atoms with E-state index in [1.807, 2.05) is 0 Å². The minimum Gasteiger partial charge on any atom is -0.382 e. The molecule has 1 unspecified atom stereocenters. The van der Waals surface area contributed by atoms with Gasteiger partial charge in [-0.25, -0.2) is 4.98 Å². The van der Waals surface area contributed by atoms with E-state index in [2.05, 4.69) is 40.7 Å². The van der Waals surface area contributed by atoms with Gasteiger partial charge in [-0.1, -0.05) is 31.9 Å². The molecular formula is C26H31F3N4O. The maximum Gasteiger partial charge on any atom is 0.417 e. The maximum atomic E-state index is 13.6. The molecule has 3 fully saturated rings. The van der Waals surface area contributed by atoms with Gasteiger partial charge < -0.3 is 16.0 Å². The van der Waals surface area contributed by atoms with Crippen LogP contribution >= 0.6 is 0 Å². The first-order valence-electron chi connectivity index (χ1n) is 11.7. The van der Waals surface area contributed by atoms with E-state index in [-0.39, 0.29) is 41.1 Å². The summed E-state index contributed by atoms with van der Waals surface area (Å²) in [4.78, 5) is 16.0. The van der Waals surface area contributed by atoms with Crippen LogP contribution in [0.15, 0.2) is 31.9 Å². The van der Waals surface area contributed by atoms with Crippen molar-refractivity contribution in [3.63, 3.8) is 0 Å². The van der Waals surface area contributed by atoms with E-state index in [4.69, 9.17) is 0 Å². The first-order chi connectivity index (χ1) is 16.1. The molecular weight excluding hydrogens is 441 g/mol. The number of allylic oxidation sites excluding steroid dienone is 1. The molecule has 4 rings (SSSR count). The van der Waals surface area contributed by atoms with Crippen LogP contribution in [0.2, 0.25) is 0 Å². The Kier molecular flexibility index (Phi) is 6.71. The van der Waals surface area contributed by atoms with Crippen molar-refractivity contribution in [2.24, 2.45) is 11.3 Å². The van der Waals surface area contributed by atoms with Crippen LogP contribution in [0.4, 0.5) is 13.2 Å². The lowest BCUT2D eigenvalue weighted by Crippen LogP contribution is -2.33. The van der Waals surface area contributed by atoms with Crippen molar-refractivity contribution in [2.75, 3.05) is 19.6 Å². The van der Waals surface area contributed by atoms with Gasteiger partial charge in [0.25, 0.3) is 0 Å². The van der Waals surface area contributed by atoms with Crippen LogP contribution in [0, 0.1) is 11.3 Å². The molecule has 0 bridgehead atoms. The van der Waals surface area contributed by atoms with E-state index in [9.17, 15) is 18.0 Å². The predicted molar refractivity (Wildman–Crippen MR) is 129 cm³/mol. The molecule has 1 aliphatic heterocycles. The maximum absolute atomic E-state index is 13.6. The number of nitrogens with one attached hydrogen (secondary N) is 3. The van der Waals surface area contributed by atoms with Crippen LogP contribution < -0.4 is 16.0 Å². The van der Waals surface area contributed by atoms with Crippen LogP contribution in [-0.4, -0.2) is 42.7 Å². The van der Waals surface area contributed by atoms with E-state index in [0.717, 1.165) is 45.2 Å². The van der Waals surface area contributed by atoms with Gasteiger partial charge in [0.2, 0.25) is 5.91 Å². The van der Waals surface area contributed by atoms with Gasteiger partial charge in [-0.2, -0.15) is 13.2 Å². The lowest BCUT2D eigenvalue weighted by atomic mass is 9.93. The fourth-order valence-electron chi connectivity index (χ4n) is 4.63. The molecule has 1 saturated heterocycles. The molecule has 1 aromatic heterocycles. The van der Waals surface area contributed by atoms with Crippen LogP contribution in [0.1, 0.15) is 54.6 Å². The summed E-state index contributed by atoms with van der Waals surface area (Å²) in [5.41, 5.74) is 0.577. The number of piperidine rings is 1. The van der Waals surface area contributed by atoms with Crippen molar-refractivity contribution in [3.05, 3.63) is 54.4 Å². The Bertz CT molecular complexity index is 1030. The number of amides is 1. The van der Waals surface area contributed by atoms with Gasteiger partial charge in [0.15, 0.2) is 0 Å². The number of hydrogen-bond donors (Lipinski definition) is 3. The van der Waals surface area contributed by atoms with Crippen LogP contribution in [-0.2, 0) is 4.79 Å². The molecule has 34 heavy (non-hydrogen) atoms. The first kappa shape index (κ1) is 24.3. The zero-order chi connectivity index (χ0) is 24.5. The first-order valence-corrected chi connectivity index (χ1v) is 11.7. The van der Waals surface area contributed by atoms with Crippen molar-refractivity contribution in [1.82, 2.24) is 20.9 Å². The van der Waals surface area contributed by atoms with E-state index >= 15 is 0 Å². The molecule has 2 aliphatic carbocycles. The van der Waals surface area contributed by atoms with Gasteiger partial charge in [-0.3, -0.25) is 4.79 Å². The van der Waals surface area contributed by atoms with Gasteiger partial charge in [0, 0.05) is 35.3 Å². The largest absolute Gasteiger partial charge is 0.417 e. The Labute approximate surface area is 198 Å². The second kappa shape index (κ2) is 9.41. The van der Waals surface area contributed by atoms with Crippen LogP contribution in [0.5, 0.6) is 0 Å². The highest BCUT2D eigenvalue weighted by Gasteiger charge is 2.54. The summed E-state index contributed by atoms with van der Waals surface area (Å²) in [6.07, 6.45) is 5.00. The van der Waals surface area contributed by atoms with Crippen molar-refractivity contribution in [3.8, 4) is 0 Å². The van der Waals surface area contributed by atoms with Gasteiger partial charge >= 0.3 is 6.18 Å². The zero-order valence-corrected chi connectivity index (χ0v) is 19.2. The summed E-state index contributed by atoms with van der Waals surface area (Å²) in [7, 11) is 0. The third-order valence-electron chi connectivity index (χ3n) is 7.00. The van der Waals surface area contributed by atoms with Gasteiger partial charge in [-0.05, 0) is 62.8 Å². The normalized spacial score (nSPS) is 21.3. The molecule has 3 N–H and O–H groups in total. The number of carbonyl (C=O) groups excluding carboxylic acids is 1. The number of rotatable bonds is 9. The molecule has 2 saturated carbocycles. The Morgan fingerprint density at radius 3 is 2.59 bits per heavy atom. The van der Waals surface area contributed by atoms with E-state index in [0.29, 0.717) is 17.0 Å². The minimum absolute atomic E-state index is 0.000273. The van der Waals surface area contributed by atoms with Gasteiger partial charge in [-0.15, -0.1) is 0 Å². The number of hydrogen-bond acceptors (Lipinski definition) is 4. The molecule has 0 radical (unpaired) electrons. The second-order valence-corrected chi connectivity index (χ2v) is 9.45. The zero-order valence-electron chi connectivity index (χ0n) is 19.2. The second-order valence-electron chi connectivity index (χ2n) is 9.45. The molecule has 1 spiro atoms. The summed E-state index contributed by atoms with van der Waals surface area (Å²) >= 11 is 0. The fraction of sp³-hybridized carbons (Fsp3) is 0.462.